The maximum Gasteiger partial charge on any atom is 0.240 e. The largest absolute Gasteiger partial charge is 0.332 e. The Kier molecular flexibility index (Phi) is 7.65. The molecular weight excluding hydrogens is 385 g/mol. The number of halogens is 2. The second-order valence-corrected chi connectivity index (χ2v) is 7.14. The van der Waals surface area contributed by atoms with Crippen molar-refractivity contribution in [2.24, 2.45) is 11.7 Å². The fraction of sp³-hybridized carbons (Fsp3) is 0.526. The third-order valence-electron chi connectivity index (χ3n) is 5.54. The average Bonchev–Trinajstić information content (AvgIpc) is 3.11. The summed E-state index contributed by atoms with van der Waals surface area (Å²) in [4.78, 5) is 14.7. The normalized spacial score (nSPS) is 18.0. The molecule has 148 valence electrons. The van der Waals surface area contributed by atoms with Gasteiger partial charge in [0, 0.05) is 18.7 Å². The predicted molar refractivity (Wildman–Crippen MR) is 110 cm³/mol. The second-order valence-electron chi connectivity index (χ2n) is 7.14. The summed E-state index contributed by atoms with van der Waals surface area (Å²) in [6.07, 6.45) is 5.82. The van der Waals surface area contributed by atoms with Gasteiger partial charge in [-0.25, -0.2) is 0 Å². The molecule has 1 aromatic carbocycles. The van der Waals surface area contributed by atoms with Gasteiger partial charge < -0.3 is 15.2 Å². The first-order valence-corrected chi connectivity index (χ1v) is 9.26. The predicted octanol–water partition coefficient (Wildman–Crippen LogP) is 3.04. The lowest BCUT2D eigenvalue weighted by molar-refractivity contribution is -0.135. The fourth-order valence-electron chi connectivity index (χ4n) is 4.05. The zero-order valence-corrected chi connectivity index (χ0v) is 16.9. The minimum Gasteiger partial charge on any atom is -0.332 e. The van der Waals surface area contributed by atoms with Gasteiger partial charge >= 0.3 is 0 Å². The molecule has 4 rings (SSSR count). The summed E-state index contributed by atoms with van der Waals surface area (Å²) in [6, 6.07) is 9.69. The van der Waals surface area contributed by atoms with Crippen LogP contribution in [0, 0.1) is 5.92 Å². The number of nitrogens with zero attached hydrogens (tertiary/aromatic N) is 4. The van der Waals surface area contributed by atoms with E-state index in [9.17, 15) is 4.79 Å². The van der Waals surface area contributed by atoms with E-state index in [0.29, 0.717) is 19.0 Å². The van der Waals surface area contributed by atoms with Crippen LogP contribution in [0.2, 0.25) is 0 Å². The standard InChI is InChI=1S/C19H25N5O.2ClH/c20-17(14-7-3-1-4-8-14)19(25)23-11-12-24-16(13-23)21-22-18(24)15-9-5-2-6-10-15;;/h2,5-6,9-10,14,17H,1,3-4,7-8,11-13,20H2;2*1H. The average molecular weight is 412 g/mol. The van der Waals surface area contributed by atoms with Crippen molar-refractivity contribution in [1.82, 2.24) is 19.7 Å². The monoisotopic (exact) mass is 411 g/mol. The van der Waals surface area contributed by atoms with Crippen LogP contribution in [0.4, 0.5) is 0 Å². The zero-order chi connectivity index (χ0) is 17.2. The van der Waals surface area contributed by atoms with Crippen molar-refractivity contribution in [2.75, 3.05) is 6.54 Å². The summed E-state index contributed by atoms with van der Waals surface area (Å²) in [5, 5.41) is 8.66. The number of nitrogens with two attached hydrogens (primary N) is 1. The van der Waals surface area contributed by atoms with E-state index in [2.05, 4.69) is 14.8 Å². The Morgan fingerprint density at radius 1 is 1.04 bits per heavy atom. The van der Waals surface area contributed by atoms with Crippen LogP contribution in [-0.4, -0.2) is 38.2 Å². The first-order chi connectivity index (χ1) is 12.2. The molecule has 2 heterocycles. The van der Waals surface area contributed by atoms with E-state index in [0.717, 1.165) is 36.6 Å². The van der Waals surface area contributed by atoms with Gasteiger partial charge in [-0.05, 0) is 18.8 Å². The van der Waals surface area contributed by atoms with Gasteiger partial charge in [0.05, 0.1) is 12.6 Å². The Balaban J connectivity index is 0.00000131. The van der Waals surface area contributed by atoms with E-state index in [-0.39, 0.29) is 36.8 Å². The topological polar surface area (TPSA) is 77.0 Å². The molecule has 2 N–H and O–H groups in total. The first kappa shape index (κ1) is 21.7. The Labute approximate surface area is 172 Å². The maximum atomic E-state index is 12.8. The van der Waals surface area contributed by atoms with Crippen molar-refractivity contribution >= 4 is 30.7 Å². The molecule has 1 atom stereocenters. The van der Waals surface area contributed by atoms with E-state index in [1.165, 1.54) is 19.3 Å². The molecule has 0 radical (unpaired) electrons. The lowest BCUT2D eigenvalue weighted by Gasteiger charge is -2.33. The lowest BCUT2D eigenvalue weighted by Crippen LogP contribution is -2.50. The van der Waals surface area contributed by atoms with Crippen LogP contribution in [0.5, 0.6) is 0 Å². The van der Waals surface area contributed by atoms with Crippen LogP contribution in [0.15, 0.2) is 30.3 Å². The molecule has 27 heavy (non-hydrogen) atoms. The Hall–Kier alpha value is -1.63. The van der Waals surface area contributed by atoms with Crippen molar-refractivity contribution < 1.29 is 4.79 Å². The molecule has 2 aliphatic rings. The van der Waals surface area contributed by atoms with Gasteiger partial charge in [0.1, 0.15) is 0 Å². The SMILES string of the molecule is Cl.Cl.NC(C(=O)N1CCn2c(nnc2-c2ccccc2)C1)C1CCCCC1. The number of hydrogen-bond donors (Lipinski definition) is 1. The van der Waals surface area contributed by atoms with Gasteiger partial charge in [0.2, 0.25) is 5.91 Å². The van der Waals surface area contributed by atoms with Gasteiger partial charge in [-0.1, -0.05) is 49.6 Å². The Morgan fingerprint density at radius 3 is 2.44 bits per heavy atom. The molecule has 1 aromatic heterocycles. The number of carbonyl (C=O) groups excluding carboxylic acids is 1. The highest BCUT2D eigenvalue weighted by molar-refractivity contribution is 5.85. The number of amides is 1. The molecule has 0 spiro atoms. The molecule has 0 bridgehead atoms. The van der Waals surface area contributed by atoms with Crippen LogP contribution >= 0.6 is 24.8 Å². The third kappa shape index (κ3) is 4.45. The van der Waals surface area contributed by atoms with Crippen molar-refractivity contribution in [3.05, 3.63) is 36.2 Å². The van der Waals surface area contributed by atoms with Crippen LogP contribution in [0.25, 0.3) is 11.4 Å². The smallest absolute Gasteiger partial charge is 0.240 e. The number of rotatable bonds is 3. The van der Waals surface area contributed by atoms with Gasteiger partial charge in [-0.2, -0.15) is 0 Å². The zero-order valence-electron chi connectivity index (χ0n) is 15.3. The van der Waals surface area contributed by atoms with Crippen molar-refractivity contribution in [3.8, 4) is 11.4 Å². The van der Waals surface area contributed by atoms with Gasteiger partial charge in [0.15, 0.2) is 11.6 Å². The van der Waals surface area contributed by atoms with Crippen LogP contribution < -0.4 is 5.73 Å². The van der Waals surface area contributed by atoms with Gasteiger partial charge in [-0.15, -0.1) is 35.0 Å². The Bertz CT molecular complexity index is 746. The summed E-state index contributed by atoms with van der Waals surface area (Å²) in [7, 11) is 0. The summed E-state index contributed by atoms with van der Waals surface area (Å²) in [6.45, 7) is 1.89. The maximum absolute atomic E-state index is 12.8. The second kappa shape index (κ2) is 9.53. The molecule has 1 fully saturated rings. The quantitative estimate of drug-likeness (QED) is 0.841. The Morgan fingerprint density at radius 2 is 1.74 bits per heavy atom. The molecule has 2 aromatic rings. The summed E-state index contributed by atoms with van der Waals surface area (Å²) >= 11 is 0. The van der Waals surface area contributed by atoms with Crippen molar-refractivity contribution in [2.45, 2.75) is 51.2 Å². The molecule has 1 saturated carbocycles. The van der Waals surface area contributed by atoms with E-state index >= 15 is 0 Å². The summed E-state index contributed by atoms with van der Waals surface area (Å²) < 4.78 is 2.12. The molecule has 0 saturated heterocycles. The molecule has 6 nitrogen and oxygen atoms in total. The van der Waals surface area contributed by atoms with Crippen molar-refractivity contribution in [3.63, 3.8) is 0 Å². The number of fused-ring (bicyclic) bond motifs is 1. The summed E-state index contributed by atoms with van der Waals surface area (Å²) in [5.41, 5.74) is 7.36. The highest BCUT2D eigenvalue weighted by Gasteiger charge is 2.32. The molecule has 1 unspecified atom stereocenters. The molecule has 8 heteroatoms. The molecule has 1 aliphatic heterocycles. The minimum absolute atomic E-state index is 0. The fourth-order valence-corrected chi connectivity index (χ4v) is 4.05. The number of aromatic nitrogens is 3. The molecule has 1 aliphatic carbocycles. The minimum atomic E-state index is -0.372. The highest BCUT2D eigenvalue weighted by atomic mass is 35.5. The highest BCUT2D eigenvalue weighted by Crippen LogP contribution is 2.27. The van der Waals surface area contributed by atoms with Gasteiger partial charge in [-0.3, -0.25) is 4.79 Å². The van der Waals surface area contributed by atoms with Crippen LogP contribution in [-0.2, 0) is 17.9 Å². The third-order valence-corrected chi connectivity index (χ3v) is 5.54. The summed E-state index contributed by atoms with van der Waals surface area (Å²) in [5.74, 6) is 2.12. The first-order valence-electron chi connectivity index (χ1n) is 9.26. The van der Waals surface area contributed by atoms with E-state index < -0.39 is 0 Å². The van der Waals surface area contributed by atoms with Crippen LogP contribution in [0.3, 0.4) is 0 Å². The number of carbonyl (C=O) groups is 1. The molecule has 1 amide bonds. The van der Waals surface area contributed by atoms with E-state index in [1.54, 1.807) is 0 Å². The molecular formula is C19H27Cl2N5O. The van der Waals surface area contributed by atoms with Crippen LogP contribution in [0.1, 0.15) is 37.9 Å². The van der Waals surface area contributed by atoms with E-state index in [1.807, 2.05) is 35.2 Å². The van der Waals surface area contributed by atoms with Crippen molar-refractivity contribution in [1.29, 1.82) is 0 Å². The number of benzene rings is 1. The number of hydrogen-bond acceptors (Lipinski definition) is 4. The van der Waals surface area contributed by atoms with E-state index in [4.69, 9.17) is 5.73 Å². The van der Waals surface area contributed by atoms with Gasteiger partial charge in [0.25, 0.3) is 0 Å². The lowest BCUT2D eigenvalue weighted by atomic mass is 9.83.